The Hall–Kier alpha value is -0.670. The summed E-state index contributed by atoms with van der Waals surface area (Å²) < 4.78 is 0. The zero-order valence-corrected chi connectivity index (χ0v) is 13.2. The molecule has 1 aliphatic rings. The van der Waals surface area contributed by atoms with E-state index in [4.69, 9.17) is 0 Å². The number of nitrogens with one attached hydrogen (secondary N) is 1. The third-order valence-corrected chi connectivity index (χ3v) is 5.23. The molecule has 0 spiro atoms. The molecule has 2 atom stereocenters. The van der Waals surface area contributed by atoms with E-state index in [9.17, 15) is 0 Å². The second kappa shape index (κ2) is 7.20. The second-order valence-corrected chi connectivity index (χ2v) is 7.01. The van der Waals surface area contributed by atoms with Gasteiger partial charge in [0, 0.05) is 37.6 Å². The van der Waals surface area contributed by atoms with Crippen molar-refractivity contribution in [3.8, 4) is 0 Å². The number of hydrogen-bond donors (Lipinski definition) is 1. The zero-order valence-electron chi connectivity index (χ0n) is 12.4. The fourth-order valence-corrected chi connectivity index (χ4v) is 3.71. The van der Waals surface area contributed by atoms with Crippen LogP contribution in [0.4, 0.5) is 5.69 Å². The van der Waals surface area contributed by atoms with E-state index in [1.807, 2.05) is 0 Å². The summed E-state index contributed by atoms with van der Waals surface area (Å²) in [6.07, 6.45) is 4.19. The number of thioether (sulfide) groups is 1. The predicted octanol–water partition coefficient (Wildman–Crippen LogP) is 3.69. The minimum absolute atomic E-state index is 0.443. The molecule has 1 heterocycles. The molecule has 1 saturated heterocycles. The molecule has 1 aliphatic heterocycles. The first kappa shape index (κ1) is 14.7. The molecule has 0 bridgehead atoms. The highest BCUT2D eigenvalue weighted by atomic mass is 32.2. The Balaban J connectivity index is 1.83. The van der Waals surface area contributed by atoms with Crippen LogP contribution in [0.1, 0.15) is 37.8 Å². The van der Waals surface area contributed by atoms with Gasteiger partial charge in [-0.1, -0.05) is 18.6 Å². The number of anilines is 1. The van der Waals surface area contributed by atoms with Crippen LogP contribution < -0.4 is 10.2 Å². The molecule has 0 aliphatic carbocycles. The van der Waals surface area contributed by atoms with Gasteiger partial charge in [0.2, 0.25) is 0 Å². The summed E-state index contributed by atoms with van der Waals surface area (Å²) >= 11 is 2.14. The number of nitrogens with zero attached hydrogens (tertiary/aromatic N) is 1. The SMILES string of the molecule is CC(NCC1CCCCS1)c1ccc(N(C)C)cc1. The topological polar surface area (TPSA) is 15.3 Å². The summed E-state index contributed by atoms with van der Waals surface area (Å²) in [5.41, 5.74) is 2.64. The van der Waals surface area contributed by atoms with E-state index in [-0.39, 0.29) is 0 Å². The average molecular weight is 278 g/mol. The van der Waals surface area contributed by atoms with E-state index < -0.39 is 0 Å². The lowest BCUT2D eigenvalue weighted by atomic mass is 10.1. The van der Waals surface area contributed by atoms with Gasteiger partial charge in [0.05, 0.1) is 0 Å². The summed E-state index contributed by atoms with van der Waals surface area (Å²) in [6, 6.07) is 9.31. The minimum atomic E-state index is 0.443. The van der Waals surface area contributed by atoms with Crippen molar-refractivity contribution in [2.45, 2.75) is 37.5 Å². The summed E-state index contributed by atoms with van der Waals surface area (Å²) in [6.45, 7) is 3.40. The predicted molar refractivity (Wildman–Crippen MR) is 87.3 cm³/mol. The first-order valence-corrected chi connectivity index (χ1v) is 8.34. The van der Waals surface area contributed by atoms with Gasteiger partial charge < -0.3 is 10.2 Å². The molecule has 0 saturated carbocycles. The van der Waals surface area contributed by atoms with Crippen molar-refractivity contribution in [1.82, 2.24) is 5.32 Å². The van der Waals surface area contributed by atoms with Crippen molar-refractivity contribution in [3.63, 3.8) is 0 Å². The average Bonchev–Trinajstić information content (AvgIpc) is 2.46. The van der Waals surface area contributed by atoms with Gasteiger partial charge >= 0.3 is 0 Å². The maximum atomic E-state index is 3.68. The third-order valence-electron chi connectivity index (χ3n) is 3.84. The molecule has 2 rings (SSSR count). The van der Waals surface area contributed by atoms with Gasteiger partial charge in [-0.3, -0.25) is 0 Å². The molecule has 1 fully saturated rings. The maximum absolute atomic E-state index is 3.68. The Kier molecular flexibility index (Phi) is 5.59. The Labute approximate surface area is 122 Å². The normalized spacial score (nSPS) is 21.1. The molecule has 0 amide bonds. The van der Waals surface area contributed by atoms with Gasteiger partial charge in [0.25, 0.3) is 0 Å². The summed E-state index contributed by atoms with van der Waals surface area (Å²) in [5, 5.41) is 4.50. The Morgan fingerprint density at radius 2 is 2.00 bits per heavy atom. The Bertz CT molecular complexity index is 369. The van der Waals surface area contributed by atoms with Crippen LogP contribution in [0, 0.1) is 0 Å². The molecular weight excluding hydrogens is 252 g/mol. The molecule has 1 N–H and O–H groups in total. The second-order valence-electron chi connectivity index (χ2n) is 5.60. The third kappa shape index (κ3) is 4.43. The molecule has 19 heavy (non-hydrogen) atoms. The van der Waals surface area contributed by atoms with Gasteiger partial charge in [-0.15, -0.1) is 0 Å². The standard InChI is InChI=1S/C16H26N2S/c1-13(17-12-16-6-4-5-11-19-16)14-7-9-15(10-8-14)18(2)3/h7-10,13,16-17H,4-6,11-12H2,1-3H3. The van der Waals surface area contributed by atoms with Crippen molar-refractivity contribution < 1.29 is 0 Å². The van der Waals surface area contributed by atoms with Gasteiger partial charge in [-0.25, -0.2) is 0 Å². The van der Waals surface area contributed by atoms with E-state index in [0.717, 1.165) is 11.8 Å². The van der Waals surface area contributed by atoms with Gasteiger partial charge in [0.1, 0.15) is 0 Å². The van der Waals surface area contributed by atoms with Crippen LogP contribution in [0.5, 0.6) is 0 Å². The molecule has 0 radical (unpaired) electrons. The minimum Gasteiger partial charge on any atom is -0.378 e. The summed E-state index contributed by atoms with van der Waals surface area (Å²) in [7, 11) is 4.16. The van der Waals surface area contributed by atoms with Gasteiger partial charge in [-0.2, -0.15) is 11.8 Å². The number of rotatable bonds is 5. The molecule has 106 valence electrons. The van der Waals surface area contributed by atoms with Crippen LogP contribution in [0.2, 0.25) is 0 Å². The first-order valence-electron chi connectivity index (χ1n) is 7.29. The number of hydrogen-bond acceptors (Lipinski definition) is 3. The smallest absolute Gasteiger partial charge is 0.0361 e. The zero-order chi connectivity index (χ0) is 13.7. The lowest BCUT2D eigenvalue weighted by molar-refractivity contribution is 0.538. The highest BCUT2D eigenvalue weighted by Crippen LogP contribution is 2.25. The Morgan fingerprint density at radius 3 is 2.58 bits per heavy atom. The van der Waals surface area contributed by atoms with Crippen LogP contribution >= 0.6 is 11.8 Å². The molecule has 2 unspecified atom stereocenters. The fraction of sp³-hybridized carbons (Fsp3) is 0.625. The van der Waals surface area contributed by atoms with Crippen LogP contribution in [0.25, 0.3) is 0 Å². The molecule has 3 heteroatoms. The molecule has 2 nitrogen and oxygen atoms in total. The highest BCUT2D eigenvalue weighted by molar-refractivity contribution is 7.99. The monoisotopic (exact) mass is 278 g/mol. The molecule has 1 aromatic carbocycles. The van der Waals surface area contributed by atoms with Crippen molar-refractivity contribution in [3.05, 3.63) is 29.8 Å². The van der Waals surface area contributed by atoms with E-state index in [2.05, 4.69) is 67.3 Å². The Morgan fingerprint density at radius 1 is 1.26 bits per heavy atom. The fourth-order valence-electron chi connectivity index (χ4n) is 2.46. The van der Waals surface area contributed by atoms with Gasteiger partial charge in [0.15, 0.2) is 0 Å². The van der Waals surface area contributed by atoms with E-state index in [1.165, 1.54) is 36.3 Å². The number of benzene rings is 1. The van der Waals surface area contributed by atoms with E-state index in [1.54, 1.807) is 0 Å². The van der Waals surface area contributed by atoms with Gasteiger partial charge in [-0.05, 0) is 43.2 Å². The molecular formula is C16H26N2S. The van der Waals surface area contributed by atoms with Crippen molar-refractivity contribution in [1.29, 1.82) is 0 Å². The van der Waals surface area contributed by atoms with Crippen LogP contribution in [0.3, 0.4) is 0 Å². The largest absolute Gasteiger partial charge is 0.378 e. The van der Waals surface area contributed by atoms with Crippen LogP contribution in [-0.2, 0) is 0 Å². The van der Waals surface area contributed by atoms with Crippen molar-refractivity contribution in [2.75, 3.05) is 31.3 Å². The van der Waals surface area contributed by atoms with Crippen LogP contribution in [0.15, 0.2) is 24.3 Å². The maximum Gasteiger partial charge on any atom is 0.0361 e. The van der Waals surface area contributed by atoms with E-state index >= 15 is 0 Å². The van der Waals surface area contributed by atoms with Crippen molar-refractivity contribution in [2.24, 2.45) is 0 Å². The highest BCUT2D eigenvalue weighted by Gasteiger charge is 2.15. The first-order chi connectivity index (χ1) is 9.16. The summed E-state index contributed by atoms with van der Waals surface area (Å²) in [5.74, 6) is 1.35. The van der Waals surface area contributed by atoms with Crippen molar-refractivity contribution >= 4 is 17.4 Å². The lowest BCUT2D eigenvalue weighted by Crippen LogP contribution is -2.29. The molecule has 0 aromatic heterocycles. The summed E-state index contributed by atoms with van der Waals surface area (Å²) in [4.78, 5) is 2.14. The van der Waals surface area contributed by atoms with E-state index in [0.29, 0.717) is 6.04 Å². The lowest BCUT2D eigenvalue weighted by Gasteiger charge is -2.24. The van der Waals surface area contributed by atoms with Crippen LogP contribution in [-0.4, -0.2) is 31.6 Å². The quantitative estimate of drug-likeness (QED) is 0.884. The molecule has 1 aromatic rings.